The van der Waals surface area contributed by atoms with Crippen LogP contribution in [-0.2, 0) is 11.2 Å². The van der Waals surface area contributed by atoms with Gasteiger partial charge in [-0.25, -0.2) is 0 Å². The van der Waals surface area contributed by atoms with Crippen LogP contribution in [0.4, 0.5) is 5.69 Å². The quantitative estimate of drug-likeness (QED) is 0.808. The fourth-order valence-electron chi connectivity index (χ4n) is 3.00. The van der Waals surface area contributed by atoms with Crippen molar-refractivity contribution >= 4 is 34.8 Å². The maximum atomic E-state index is 12.5. The maximum absolute atomic E-state index is 12.5. The molecule has 0 unspecified atom stereocenters. The highest BCUT2D eigenvalue weighted by atomic mass is 35.5. The molecule has 1 fully saturated rings. The van der Waals surface area contributed by atoms with Gasteiger partial charge in [-0.05, 0) is 35.9 Å². The number of carbonyl (C=O) groups excluding carboxylic acids is 1. The van der Waals surface area contributed by atoms with Crippen LogP contribution in [0.1, 0.15) is 5.56 Å². The zero-order valence-corrected chi connectivity index (χ0v) is 15.6. The lowest BCUT2D eigenvalue weighted by atomic mass is 10.1. The van der Waals surface area contributed by atoms with Crippen molar-refractivity contribution in [2.45, 2.75) is 6.42 Å². The fraction of sp³-hybridized carbons (Fsp3) is 0.316. The molecule has 0 atom stereocenters. The number of benzene rings is 2. The van der Waals surface area contributed by atoms with Crippen LogP contribution >= 0.6 is 23.2 Å². The molecule has 2 aromatic carbocycles. The second-order valence-corrected chi connectivity index (χ2v) is 6.86. The van der Waals surface area contributed by atoms with Crippen molar-refractivity contribution in [3.8, 4) is 5.75 Å². The van der Waals surface area contributed by atoms with Gasteiger partial charge in [0.1, 0.15) is 5.75 Å². The van der Waals surface area contributed by atoms with Crippen LogP contribution in [0.15, 0.2) is 42.5 Å². The molecule has 2 aromatic rings. The third kappa shape index (κ3) is 4.39. The van der Waals surface area contributed by atoms with E-state index in [1.807, 2.05) is 47.4 Å². The lowest BCUT2D eigenvalue weighted by Crippen LogP contribution is -2.49. The first-order valence-electron chi connectivity index (χ1n) is 8.17. The third-order valence-corrected chi connectivity index (χ3v) is 4.87. The Labute approximate surface area is 157 Å². The molecule has 3 rings (SSSR count). The van der Waals surface area contributed by atoms with Crippen LogP contribution in [0.25, 0.3) is 0 Å². The van der Waals surface area contributed by atoms with Gasteiger partial charge in [0.15, 0.2) is 0 Å². The van der Waals surface area contributed by atoms with Gasteiger partial charge in [-0.2, -0.15) is 0 Å². The Morgan fingerprint density at radius 2 is 1.64 bits per heavy atom. The Bertz CT molecular complexity index is 742. The number of methoxy groups -OCH3 is 1. The van der Waals surface area contributed by atoms with Crippen LogP contribution < -0.4 is 9.64 Å². The normalized spacial score (nSPS) is 14.5. The van der Waals surface area contributed by atoms with E-state index in [-0.39, 0.29) is 5.91 Å². The van der Waals surface area contributed by atoms with Gasteiger partial charge < -0.3 is 14.5 Å². The summed E-state index contributed by atoms with van der Waals surface area (Å²) in [5.74, 6) is 0.936. The lowest BCUT2D eigenvalue weighted by Gasteiger charge is -2.36. The van der Waals surface area contributed by atoms with Crippen molar-refractivity contribution < 1.29 is 9.53 Å². The van der Waals surface area contributed by atoms with Crippen LogP contribution in [0, 0.1) is 0 Å². The fourth-order valence-corrected chi connectivity index (χ4v) is 3.29. The van der Waals surface area contributed by atoms with Gasteiger partial charge in [-0.3, -0.25) is 4.79 Å². The molecule has 25 heavy (non-hydrogen) atoms. The number of carbonyl (C=O) groups is 1. The summed E-state index contributed by atoms with van der Waals surface area (Å²) in [5.41, 5.74) is 1.95. The number of anilines is 1. The molecule has 0 N–H and O–H groups in total. The van der Waals surface area contributed by atoms with E-state index in [9.17, 15) is 4.79 Å². The molecule has 1 aliphatic heterocycles. The van der Waals surface area contributed by atoms with Gasteiger partial charge in [-0.1, -0.05) is 35.3 Å². The Morgan fingerprint density at radius 3 is 2.28 bits per heavy atom. The molecule has 0 bridgehead atoms. The molecule has 6 heteroatoms. The van der Waals surface area contributed by atoms with Gasteiger partial charge in [0, 0.05) is 36.2 Å². The minimum absolute atomic E-state index is 0.139. The van der Waals surface area contributed by atoms with E-state index in [2.05, 4.69) is 4.90 Å². The van der Waals surface area contributed by atoms with E-state index in [4.69, 9.17) is 27.9 Å². The lowest BCUT2D eigenvalue weighted by molar-refractivity contribution is -0.130. The number of hydrogen-bond donors (Lipinski definition) is 0. The Kier molecular flexibility index (Phi) is 5.71. The molecular weight excluding hydrogens is 359 g/mol. The molecule has 1 heterocycles. The summed E-state index contributed by atoms with van der Waals surface area (Å²) < 4.78 is 5.42. The van der Waals surface area contributed by atoms with Crippen LogP contribution in [-0.4, -0.2) is 44.1 Å². The van der Waals surface area contributed by atoms with Crippen molar-refractivity contribution in [2.24, 2.45) is 0 Å². The summed E-state index contributed by atoms with van der Waals surface area (Å²) in [5, 5.41) is 1.36. The Hall–Kier alpha value is -1.91. The summed E-state index contributed by atoms with van der Waals surface area (Å²) in [6.45, 7) is 2.87. The number of hydrogen-bond acceptors (Lipinski definition) is 3. The van der Waals surface area contributed by atoms with Crippen LogP contribution in [0.3, 0.4) is 0 Å². The van der Waals surface area contributed by atoms with E-state index in [1.54, 1.807) is 7.11 Å². The van der Waals surface area contributed by atoms with E-state index >= 15 is 0 Å². The zero-order valence-electron chi connectivity index (χ0n) is 14.0. The number of ether oxygens (including phenoxy) is 1. The number of amides is 1. The van der Waals surface area contributed by atoms with Gasteiger partial charge in [-0.15, -0.1) is 0 Å². The maximum Gasteiger partial charge on any atom is 0.227 e. The molecule has 1 saturated heterocycles. The smallest absolute Gasteiger partial charge is 0.227 e. The Balaban J connectivity index is 1.61. The monoisotopic (exact) mass is 378 g/mol. The molecule has 0 spiro atoms. The minimum atomic E-state index is 0.139. The SMILES string of the molecule is COc1ccc(Cl)cc1N1CCN(C(=O)Cc2ccc(Cl)cc2)CC1. The summed E-state index contributed by atoms with van der Waals surface area (Å²) in [6.07, 6.45) is 0.400. The highest BCUT2D eigenvalue weighted by Gasteiger charge is 2.23. The molecule has 0 aliphatic carbocycles. The molecule has 1 aliphatic rings. The standard InChI is InChI=1S/C19H20Cl2N2O2/c1-25-18-7-6-16(21)13-17(18)22-8-10-23(11-9-22)19(24)12-14-2-4-15(20)5-3-14/h2-7,13H,8-12H2,1H3. The van der Waals surface area contributed by atoms with Gasteiger partial charge in [0.05, 0.1) is 19.2 Å². The minimum Gasteiger partial charge on any atom is -0.495 e. The van der Waals surface area contributed by atoms with Crippen molar-refractivity contribution in [1.82, 2.24) is 4.90 Å². The number of rotatable bonds is 4. The predicted molar refractivity (Wildman–Crippen MR) is 102 cm³/mol. The van der Waals surface area contributed by atoms with E-state index in [1.165, 1.54) is 0 Å². The second-order valence-electron chi connectivity index (χ2n) is 5.99. The molecule has 0 saturated carbocycles. The molecule has 4 nitrogen and oxygen atoms in total. The average molecular weight is 379 g/mol. The van der Waals surface area contributed by atoms with E-state index in [0.29, 0.717) is 29.6 Å². The van der Waals surface area contributed by atoms with Gasteiger partial charge in [0.2, 0.25) is 5.91 Å². The largest absolute Gasteiger partial charge is 0.495 e. The second kappa shape index (κ2) is 7.98. The summed E-state index contributed by atoms with van der Waals surface area (Å²) in [7, 11) is 1.65. The molecule has 132 valence electrons. The van der Waals surface area contributed by atoms with Crippen LogP contribution in [0.5, 0.6) is 5.75 Å². The van der Waals surface area contributed by atoms with Gasteiger partial charge in [0.25, 0.3) is 0 Å². The number of halogens is 2. The first-order valence-corrected chi connectivity index (χ1v) is 8.93. The topological polar surface area (TPSA) is 32.8 Å². The molecule has 0 aromatic heterocycles. The van der Waals surface area contributed by atoms with Crippen molar-refractivity contribution in [3.05, 3.63) is 58.1 Å². The highest BCUT2D eigenvalue weighted by Crippen LogP contribution is 2.31. The predicted octanol–water partition coefficient (Wildman–Crippen LogP) is 3.89. The van der Waals surface area contributed by atoms with E-state index in [0.717, 1.165) is 30.1 Å². The van der Waals surface area contributed by atoms with Gasteiger partial charge >= 0.3 is 0 Å². The first kappa shape index (κ1) is 17.9. The number of piperazine rings is 1. The van der Waals surface area contributed by atoms with E-state index < -0.39 is 0 Å². The highest BCUT2D eigenvalue weighted by molar-refractivity contribution is 6.31. The first-order chi connectivity index (χ1) is 12.1. The summed E-state index contributed by atoms with van der Waals surface area (Å²) in [4.78, 5) is 16.6. The molecular formula is C19H20Cl2N2O2. The van der Waals surface area contributed by atoms with Crippen molar-refractivity contribution in [3.63, 3.8) is 0 Å². The van der Waals surface area contributed by atoms with Crippen LogP contribution in [0.2, 0.25) is 10.0 Å². The Morgan fingerprint density at radius 1 is 1.00 bits per heavy atom. The number of nitrogens with zero attached hydrogens (tertiary/aromatic N) is 2. The molecule has 1 amide bonds. The molecule has 0 radical (unpaired) electrons. The summed E-state index contributed by atoms with van der Waals surface area (Å²) in [6, 6.07) is 13.0. The zero-order chi connectivity index (χ0) is 17.8. The van der Waals surface area contributed by atoms with Crippen molar-refractivity contribution in [2.75, 3.05) is 38.2 Å². The average Bonchev–Trinajstić information content (AvgIpc) is 2.63. The third-order valence-electron chi connectivity index (χ3n) is 4.38. The summed E-state index contributed by atoms with van der Waals surface area (Å²) >= 11 is 12.0. The van der Waals surface area contributed by atoms with Crippen molar-refractivity contribution in [1.29, 1.82) is 0 Å².